The second-order valence-corrected chi connectivity index (χ2v) is 3.21. The Kier molecular flexibility index (Phi) is 5.48. The molecule has 0 spiro atoms. The zero-order chi connectivity index (χ0) is 12.7. The molecular weight excluding hydrogens is 232 g/mol. The third-order valence-corrected chi connectivity index (χ3v) is 1.88. The van der Waals surface area contributed by atoms with Gasteiger partial charge in [0.05, 0.1) is 6.61 Å². The van der Waals surface area contributed by atoms with Crippen LogP contribution in [0, 0.1) is 11.8 Å². The van der Waals surface area contributed by atoms with Gasteiger partial charge in [0.15, 0.2) is 5.82 Å². The van der Waals surface area contributed by atoms with Crippen molar-refractivity contribution in [3.63, 3.8) is 0 Å². The Labute approximate surface area is 97.6 Å². The Morgan fingerprint density at radius 3 is 2.82 bits per heavy atom. The van der Waals surface area contributed by atoms with E-state index in [1.54, 1.807) is 0 Å². The van der Waals surface area contributed by atoms with E-state index in [0.717, 1.165) is 18.7 Å². The summed E-state index contributed by atoms with van der Waals surface area (Å²) in [7, 11) is 0. The topological polar surface area (TPSA) is 48.4 Å². The first-order valence-corrected chi connectivity index (χ1v) is 5.21. The molecule has 0 aliphatic heterocycles. The smallest absolute Gasteiger partial charge is 0.341 e. The fourth-order valence-corrected chi connectivity index (χ4v) is 1.09. The monoisotopic (exact) mass is 245 g/mol. The summed E-state index contributed by atoms with van der Waals surface area (Å²) < 4.78 is 35.6. The number of aromatic nitrogens is 1. The molecular formula is C11H13F2NO3. The van der Waals surface area contributed by atoms with Crippen LogP contribution in [-0.2, 0) is 9.47 Å². The molecule has 0 amide bonds. The van der Waals surface area contributed by atoms with Gasteiger partial charge < -0.3 is 9.47 Å². The maximum Gasteiger partial charge on any atom is 0.341 e. The predicted molar refractivity (Wildman–Crippen MR) is 55.5 cm³/mol. The number of hydrogen-bond acceptors (Lipinski definition) is 4. The molecule has 0 N–H and O–H groups in total. The number of ether oxygens (including phenoxy) is 2. The van der Waals surface area contributed by atoms with Crippen LogP contribution in [0.2, 0.25) is 0 Å². The molecule has 1 heterocycles. The highest BCUT2D eigenvalue weighted by atomic mass is 19.2. The molecule has 0 aliphatic rings. The van der Waals surface area contributed by atoms with Crippen molar-refractivity contribution in [2.45, 2.75) is 13.3 Å². The molecule has 0 saturated carbocycles. The normalized spacial score (nSPS) is 10.3. The van der Waals surface area contributed by atoms with E-state index in [4.69, 9.17) is 9.47 Å². The van der Waals surface area contributed by atoms with Crippen molar-refractivity contribution in [3.05, 3.63) is 29.6 Å². The van der Waals surface area contributed by atoms with E-state index in [1.807, 2.05) is 6.92 Å². The van der Waals surface area contributed by atoms with Crippen molar-refractivity contribution in [1.82, 2.24) is 4.98 Å². The first kappa shape index (κ1) is 13.5. The van der Waals surface area contributed by atoms with Crippen LogP contribution >= 0.6 is 0 Å². The minimum Gasteiger partial charge on any atom is -0.460 e. The Hall–Kier alpha value is -1.56. The van der Waals surface area contributed by atoms with E-state index in [0.29, 0.717) is 6.61 Å². The Bertz CT molecular complexity index is 385. The van der Waals surface area contributed by atoms with Gasteiger partial charge in [0.1, 0.15) is 12.2 Å². The summed E-state index contributed by atoms with van der Waals surface area (Å²) in [4.78, 5) is 14.4. The highest BCUT2D eigenvalue weighted by Gasteiger charge is 2.16. The lowest BCUT2D eigenvalue weighted by Gasteiger charge is -2.06. The number of pyridine rings is 1. The van der Waals surface area contributed by atoms with Gasteiger partial charge in [0.2, 0.25) is 5.95 Å². The molecule has 0 fully saturated rings. The molecule has 0 atom stereocenters. The van der Waals surface area contributed by atoms with Crippen LogP contribution in [0.1, 0.15) is 23.7 Å². The van der Waals surface area contributed by atoms with Gasteiger partial charge in [0.25, 0.3) is 0 Å². The van der Waals surface area contributed by atoms with Gasteiger partial charge in [-0.2, -0.15) is 4.39 Å². The van der Waals surface area contributed by atoms with Crippen molar-refractivity contribution >= 4 is 5.97 Å². The lowest BCUT2D eigenvalue weighted by Crippen LogP contribution is -2.13. The standard InChI is InChI=1S/C11H13F2NO3/c1-2-5-16-6-7-17-11(15)8-3-4-14-10(13)9(8)12/h3-4H,2,5-7H2,1H3. The molecule has 1 aromatic heterocycles. The van der Waals surface area contributed by atoms with Crippen molar-refractivity contribution in [3.8, 4) is 0 Å². The largest absolute Gasteiger partial charge is 0.460 e. The second kappa shape index (κ2) is 6.90. The molecule has 1 rings (SSSR count). The molecule has 17 heavy (non-hydrogen) atoms. The molecule has 4 nitrogen and oxygen atoms in total. The van der Waals surface area contributed by atoms with E-state index in [-0.39, 0.29) is 13.2 Å². The molecule has 0 aliphatic carbocycles. The summed E-state index contributed by atoms with van der Waals surface area (Å²) in [6, 6.07) is 1.06. The number of rotatable bonds is 6. The summed E-state index contributed by atoms with van der Waals surface area (Å²) in [6.45, 7) is 2.74. The predicted octanol–water partition coefficient (Wildman–Crippen LogP) is 1.94. The molecule has 0 saturated heterocycles. The highest BCUT2D eigenvalue weighted by Crippen LogP contribution is 2.10. The lowest BCUT2D eigenvalue weighted by atomic mass is 10.2. The summed E-state index contributed by atoms with van der Waals surface area (Å²) in [6.07, 6.45) is 1.86. The molecule has 0 aromatic carbocycles. The van der Waals surface area contributed by atoms with Crippen LogP contribution in [0.15, 0.2) is 12.3 Å². The van der Waals surface area contributed by atoms with E-state index >= 15 is 0 Å². The third-order valence-electron chi connectivity index (χ3n) is 1.88. The molecule has 1 aromatic rings. The Morgan fingerprint density at radius 1 is 1.35 bits per heavy atom. The minimum absolute atomic E-state index is 0.00220. The first-order valence-electron chi connectivity index (χ1n) is 5.21. The number of hydrogen-bond donors (Lipinski definition) is 0. The Balaban J connectivity index is 2.44. The summed E-state index contributed by atoms with van der Waals surface area (Å²) in [5.74, 6) is -3.54. The number of halogens is 2. The van der Waals surface area contributed by atoms with Crippen LogP contribution in [0.4, 0.5) is 8.78 Å². The van der Waals surface area contributed by atoms with Gasteiger partial charge >= 0.3 is 5.97 Å². The van der Waals surface area contributed by atoms with Gasteiger partial charge in [-0.1, -0.05) is 6.92 Å². The maximum atomic E-state index is 13.1. The van der Waals surface area contributed by atoms with Crippen molar-refractivity contribution in [2.75, 3.05) is 19.8 Å². The summed E-state index contributed by atoms with van der Waals surface area (Å²) in [5.41, 5.74) is -0.465. The molecule has 94 valence electrons. The molecule has 0 unspecified atom stereocenters. The zero-order valence-corrected chi connectivity index (χ0v) is 9.41. The van der Waals surface area contributed by atoms with Gasteiger partial charge in [-0.15, -0.1) is 0 Å². The summed E-state index contributed by atoms with van der Waals surface area (Å²) >= 11 is 0. The van der Waals surface area contributed by atoms with E-state index < -0.39 is 23.3 Å². The van der Waals surface area contributed by atoms with Gasteiger partial charge in [0, 0.05) is 12.8 Å². The highest BCUT2D eigenvalue weighted by molar-refractivity contribution is 5.89. The van der Waals surface area contributed by atoms with E-state index in [1.165, 1.54) is 0 Å². The molecule has 0 radical (unpaired) electrons. The number of carbonyl (C=O) groups excluding carboxylic acids is 1. The van der Waals surface area contributed by atoms with Crippen molar-refractivity contribution in [1.29, 1.82) is 0 Å². The van der Waals surface area contributed by atoms with Gasteiger partial charge in [-0.05, 0) is 12.5 Å². The second-order valence-electron chi connectivity index (χ2n) is 3.21. The summed E-state index contributed by atoms with van der Waals surface area (Å²) in [5, 5.41) is 0. The lowest BCUT2D eigenvalue weighted by molar-refractivity contribution is 0.0313. The van der Waals surface area contributed by atoms with Gasteiger partial charge in [-0.3, -0.25) is 0 Å². The maximum absolute atomic E-state index is 13.1. The average Bonchev–Trinajstić information content (AvgIpc) is 2.32. The third kappa shape index (κ3) is 4.07. The van der Waals surface area contributed by atoms with E-state index in [9.17, 15) is 13.6 Å². The molecule has 0 bridgehead atoms. The Morgan fingerprint density at radius 2 is 2.12 bits per heavy atom. The SMILES string of the molecule is CCCOCCOC(=O)c1ccnc(F)c1F. The van der Waals surface area contributed by atoms with Crippen molar-refractivity contribution < 1.29 is 23.0 Å². The van der Waals surface area contributed by atoms with Crippen LogP contribution in [0.3, 0.4) is 0 Å². The number of nitrogens with zero attached hydrogens (tertiary/aromatic N) is 1. The number of carbonyl (C=O) groups is 1. The quantitative estimate of drug-likeness (QED) is 0.436. The van der Waals surface area contributed by atoms with Crippen LogP contribution in [0.5, 0.6) is 0 Å². The van der Waals surface area contributed by atoms with Crippen LogP contribution < -0.4 is 0 Å². The zero-order valence-electron chi connectivity index (χ0n) is 9.41. The van der Waals surface area contributed by atoms with Crippen LogP contribution in [-0.4, -0.2) is 30.8 Å². The minimum atomic E-state index is -1.32. The fourth-order valence-electron chi connectivity index (χ4n) is 1.09. The van der Waals surface area contributed by atoms with E-state index in [2.05, 4.69) is 4.98 Å². The first-order chi connectivity index (χ1) is 8.16. The number of esters is 1. The average molecular weight is 245 g/mol. The fraction of sp³-hybridized carbons (Fsp3) is 0.455. The van der Waals surface area contributed by atoms with Crippen LogP contribution in [0.25, 0.3) is 0 Å². The van der Waals surface area contributed by atoms with Crippen molar-refractivity contribution in [2.24, 2.45) is 0 Å². The van der Waals surface area contributed by atoms with Gasteiger partial charge in [-0.25, -0.2) is 14.2 Å². The molecule has 6 heteroatoms.